The van der Waals surface area contributed by atoms with Crippen molar-refractivity contribution in [3.63, 3.8) is 0 Å². The summed E-state index contributed by atoms with van der Waals surface area (Å²) in [6.07, 6.45) is 4.73. The Balaban J connectivity index is 1.71. The van der Waals surface area contributed by atoms with Crippen molar-refractivity contribution in [1.29, 1.82) is 0 Å². The van der Waals surface area contributed by atoms with Crippen LogP contribution in [0.1, 0.15) is 48.8 Å². The number of hydrogen-bond donors (Lipinski definition) is 6. The monoisotopic (exact) mass is 564 g/mol. The number of Topliss-reactive ketones (excluding diaryl/α,β-unsaturated/α-hetero) is 2. The van der Waals surface area contributed by atoms with Gasteiger partial charge in [0, 0.05) is 31.3 Å². The number of phenols is 1. The fourth-order valence-corrected chi connectivity index (χ4v) is 7.00. The number of aromatic hydroxyl groups is 1. The average Bonchev–Trinajstić information content (AvgIpc) is 2.90. The second-order valence-electron chi connectivity index (χ2n) is 11.9. The SMILES string of the molecule is CN(C)c1cc(C#CC2=CCCCC2)c(O)c2c1CC1CC3C(N(C)C)C(=O)C(C([NH3+])O)=C(O)C3(O)C(=O)C1=C2O. The first-order valence-electron chi connectivity index (χ1n) is 13.9. The van der Waals surface area contributed by atoms with E-state index >= 15 is 0 Å². The van der Waals surface area contributed by atoms with E-state index in [4.69, 9.17) is 0 Å². The highest BCUT2D eigenvalue weighted by Gasteiger charge is 2.64. The van der Waals surface area contributed by atoms with Crippen molar-refractivity contribution in [2.75, 3.05) is 33.1 Å². The van der Waals surface area contributed by atoms with E-state index in [1.165, 1.54) is 0 Å². The molecule has 5 unspecified atom stereocenters. The zero-order chi connectivity index (χ0) is 30.0. The van der Waals surface area contributed by atoms with Crippen molar-refractivity contribution >= 4 is 23.0 Å². The summed E-state index contributed by atoms with van der Waals surface area (Å²) < 4.78 is 0. The van der Waals surface area contributed by atoms with Crippen LogP contribution in [0.2, 0.25) is 0 Å². The Morgan fingerprint density at radius 3 is 2.39 bits per heavy atom. The predicted molar refractivity (Wildman–Crippen MR) is 152 cm³/mol. The molecular weight excluding hydrogens is 526 g/mol. The van der Waals surface area contributed by atoms with Crippen molar-refractivity contribution in [3.05, 3.63) is 51.3 Å². The van der Waals surface area contributed by atoms with E-state index in [0.717, 1.165) is 31.3 Å². The van der Waals surface area contributed by atoms with E-state index in [9.17, 15) is 35.1 Å². The lowest BCUT2D eigenvalue weighted by atomic mass is 9.57. The Morgan fingerprint density at radius 1 is 1.10 bits per heavy atom. The molecule has 1 saturated carbocycles. The maximum absolute atomic E-state index is 14.1. The first-order valence-corrected chi connectivity index (χ1v) is 13.9. The van der Waals surface area contributed by atoms with Crippen LogP contribution in [0, 0.1) is 23.7 Å². The maximum Gasteiger partial charge on any atom is 0.219 e. The molecule has 5 rings (SSSR count). The summed E-state index contributed by atoms with van der Waals surface area (Å²) in [5.74, 6) is 1.25. The van der Waals surface area contributed by atoms with E-state index in [1.807, 2.05) is 19.0 Å². The summed E-state index contributed by atoms with van der Waals surface area (Å²) in [7, 11) is 6.92. The molecule has 218 valence electrons. The standard InChI is InChI=1S/C31H37N3O7/c1-33(2)20-14-16(11-10-15-8-6-5-7-9-15)25(35)22-18(20)12-17-13-19-24(34(3)4)27(37)23(30(32)40)29(39)31(19,41)28(38)21(17)26(22)36/h8,14,17,19,24,30,35-36,39-41H,5-7,9,12-13,32H2,1-4H3/p+1. The van der Waals surface area contributed by atoms with Crippen molar-refractivity contribution in [1.82, 2.24) is 4.90 Å². The number of allylic oxidation sites excluding steroid dienone is 2. The van der Waals surface area contributed by atoms with Gasteiger partial charge in [-0.05, 0) is 75.7 Å². The van der Waals surface area contributed by atoms with Gasteiger partial charge in [0.05, 0.1) is 17.2 Å². The lowest BCUT2D eigenvalue weighted by molar-refractivity contribution is -0.467. The van der Waals surface area contributed by atoms with Crippen LogP contribution in [0.25, 0.3) is 5.76 Å². The highest BCUT2D eigenvalue weighted by Crippen LogP contribution is 2.54. The van der Waals surface area contributed by atoms with Gasteiger partial charge in [-0.1, -0.05) is 17.9 Å². The van der Waals surface area contributed by atoms with Crippen LogP contribution < -0.4 is 10.6 Å². The van der Waals surface area contributed by atoms with Gasteiger partial charge in [0.1, 0.15) is 22.8 Å². The molecule has 5 atom stereocenters. The number of aliphatic hydroxyl groups excluding tert-OH is 3. The second-order valence-corrected chi connectivity index (χ2v) is 11.9. The summed E-state index contributed by atoms with van der Waals surface area (Å²) in [6.45, 7) is 0. The number of phenolic OH excluding ortho intramolecular Hbond substituents is 1. The zero-order valence-corrected chi connectivity index (χ0v) is 23.9. The number of aliphatic hydroxyl groups is 4. The Morgan fingerprint density at radius 2 is 1.80 bits per heavy atom. The maximum atomic E-state index is 14.1. The molecule has 0 spiro atoms. The van der Waals surface area contributed by atoms with Gasteiger partial charge in [0.15, 0.2) is 11.4 Å². The number of likely N-dealkylation sites (N-methyl/N-ethyl adjacent to an activating group) is 1. The minimum absolute atomic E-state index is 0.0664. The number of fused-ring (bicyclic) bond motifs is 3. The Kier molecular flexibility index (Phi) is 7.28. The number of anilines is 1. The van der Waals surface area contributed by atoms with E-state index in [0.29, 0.717) is 16.8 Å². The number of carbonyl (C=O) groups excluding carboxylic acids is 2. The number of nitrogens with zero attached hydrogens (tertiary/aromatic N) is 2. The fraction of sp³-hybridized carbons (Fsp3) is 0.484. The van der Waals surface area contributed by atoms with Crippen molar-refractivity contribution in [2.24, 2.45) is 11.8 Å². The largest absolute Gasteiger partial charge is 0.508 e. The smallest absolute Gasteiger partial charge is 0.219 e. The summed E-state index contributed by atoms with van der Waals surface area (Å²) >= 11 is 0. The highest BCUT2D eigenvalue weighted by atomic mass is 16.4. The molecule has 1 aromatic rings. The van der Waals surface area contributed by atoms with Gasteiger partial charge in [0.2, 0.25) is 12.0 Å². The fourth-order valence-electron chi connectivity index (χ4n) is 7.00. The number of benzene rings is 1. The van der Waals surface area contributed by atoms with Crippen LogP contribution in [0.15, 0.2) is 34.6 Å². The molecule has 1 aromatic carbocycles. The average molecular weight is 565 g/mol. The Bertz CT molecular complexity index is 1490. The molecular formula is C31H38N3O7+. The summed E-state index contributed by atoms with van der Waals surface area (Å²) in [5, 5.41) is 56.2. The van der Waals surface area contributed by atoms with E-state index < -0.39 is 58.4 Å². The molecule has 0 saturated heterocycles. The van der Waals surface area contributed by atoms with E-state index in [-0.39, 0.29) is 29.7 Å². The number of ketones is 2. The van der Waals surface area contributed by atoms with Gasteiger partial charge in [-0.2, -0.15) is 0 Å². The molecule has 8 N–H and O–H groups in total. The van der Waals surface area contributed by atoms with Crippen LogP contribution >= 0.6 is 0 Å². The quantitative estimate of drug-likeness (QED) is 0.231. The Labute approximate surface area is 239 Å². The lowest BCUT2D eigenvalue weighted by Crippen LogP contribution is -2.70. The third-order valence-corrected chi connectivity index (χ3v) is 8.95. The molecule has 0 amide bonds. The predicted octanol–water partition coefficient (Wildman–Crippen LogP) is 0.957. The minimum Gasteiger partial charge on any atom is -0.508 e. The van der Waals surface area contributed by atoms with Crippen LogP contribution in [0.3, 0.4) is 0 Å². The molecule has 10 nitrogen and oxygen atoms in total. The number of rotatable bonds is 3. The van der Waals surface area contributed by atoms with E-state index in [1.54, 1.807) is 25.1 Å². The third kappa shape index (κ3) is 4.35. The van der Waals surface area contributed by atoms with E-state index in [2.05, 4.69) is 23.7 Å². The van der Waals surface area contributed by atoms with Crippen LogP contribution in [0.4, 0.5) is 5.69 Å². The first-order chi connectivity index (χ1) is 19.3. The number of quaternary nitrogens is 1. The third-order valence-electron chi connectivity index (χ3n) is 8.95. The molecule has 0 aromatic heterocycles. The lowest BCUT2D eigenvalue weighted by Gasteiger charge is -2.50. The summed E-state index contributed by atoms with van der Waals surface area (Å²) in [6, 6.07) is 0.748. The topological polar surface area (TPSA) is 169 Å². The van der Waals surface area contributed by atoms with Gasteiger partial charge < -0.3 is 36.2 Å². The number of hydrogen-bond acceptors (Lipinski definition) is 9. The molecule has 0 bridgehead atoms. The van der Waals surface area contributed by atoms with Crippen molar-refractivity contribution in [3.8, 4) is 17.6 Å². The molecule has 0 aliphatic heterocycles. The van der Waals surface area contributed by atoms with Gasteiger partial charge in [-0.3, -0.25) is 14.5 Å². The van der Waals surface area contributed by atoms with Crippen LogP contribution in [-0.2, 0) is 16.0 Å². The first kappa shape index (κ1) is 28.9. The normalized spacial score (nSPS) is 28.4. The second kappa shape index (κ2) is 10.3. The molecule has 4 aliphatic carbocycles. The summed E-state index contributed by atoms with van der Waals surface area (Å²) in [5.41, 5.74) is 2.90. The van der Waals surface area contributed by atoms with Crippen LogP contribution in [-0.4, -0.2) is 88.1 Å². The molecule has 10 heteroatoms. The Hall–Kier alpha value is -3.62. The molecule has 1 fully saturated rings. The number of carbonyl (C=O) groups is 2. The van der Waals surface area contributed by atoms with Crippen LogP contribution in [0.5, 0.6) is 5.75 Å². The summed E-state index contributed by atoms with van der Waals surface area (Å²) in [4.78, 5) is 30.9. The minimum atomic E-state index is -2.57. The van der Waals surface area contributed by atoms with Gasteiger partial charge in [0.25, 0.3) is 0 Å². The highest BCUT2D eigenvalue weighted by molar-refractivity contribution is 6.14. The van der Waals surface area contributed by atoms with Gasteiger partial charge in [-0.25, -0.2) is 0 Å². The zero-order valence-electron chi connectivity index (χ0n) is 23.9. The van der Waals surface area contributed by atoms with Crippen molar-refractivity contribution < 1.29 is 40.9 Å². The van der Waals surface area contributed by atoms with Crippen molar-refractivity contribution in [2.45, 2.75) is 56.4 Å². The molecule has 4 aliphatic rings. The molecule has 41 heavy (non-hydrogen) atoms. The van der Waals surface area contributed by atoms with Gasteiger partial charge in [-0.15, -0.1) is 0 Å². The molecule has 0 heterocycles. The molecule has 0 radical (unpaired) electrons. The van der Waals surface area contributed by atoms with Gasteiger partial charge >= 0.3 is 0 Å².